The fourth-order valence-corrected chi connectivity index (χ4v) is 2.89. The van der Waals surface area contributed by atoms with Crippen LogP contribution in [0.3, 0.4) is 0 Å². The molecule has 0 saturated heterocycles. The highest BCUT2D eigenvalue weighted by Crippen LogP contribution is 2.31. The lowest BCUT2D eigenvalue weighted by molar-refractivity contribution is 1.62. The van der Waals surface area contributed by atoms with Crippen LogP contribution < -0.4 is 0 Å². The Morgan fingerprint density at radius 1 is 0.545 bits per heavy atom. The molecule has 0 aromatic heterocycles. The minimum atomic E-state index is 1.22. The van der Waals surface area contributed by atoms with Gasteiger partial charge in [-0.2, -0.15) is 0 Å². The van der Waals surface area contributed by atoms with Crippen molar-refractivity contribution in [3.63, 3.8) is 0 Å². The van der Waals surface area contributed by atoms with Gasteiger partial charge in [-0.1, -0.05) is 72.8 Å². The Morgan fingerprint density at radius 3 is 1.95 bits per heavy atom. The van der Waals surface area contributed by atoms with Crippen molar-refractivity contribution in [1.29, 1.82) is 0 Å². The van der Waals surface area contributed by atoms with E-state index in [4.69, 9.17) is 0 Å². The van der Waals surface area contributed by atoms with E-state index in [1.807, 2.05) is 12.1 Å². The van der Waals surface area contributed by atoms with Crippen LogP contribution in [0.1, 0.15) is 0 Å². The van der Waals surface area contributed by atoms with Gasteiger partial charge < -0.3 is 0 Å². The van der Waals surface area contributed by atoms with Crippen LogP contribution in [0.15, 0.2) is 91.0 Å². The van der Waals surface area contributed by atoms with Gasteiger partial charge in [-0.3, -0.25) is 0 Å². The predicted octanol–water partition coefficient (Wildman–Crippen LogP) is 5.97. The molecule has 0 heteroatoms. The fraction of sp³-hybridized carbons (Fsp3) is 0. The molecule has 0 nitrogen and oxygen atoms in total. The van der Waals surface area contributed by atoms with E-state index in [2.05, 4.69) is 84.9 Å². The summed E-state index contributed by atoms with van der Waals surface area (Å²) in [5.74, 6) is 0. The smallest absolute Gasteiger partial charge is 0.00992 e. The molecule has 0 fully saturated rings. The molecule has 0 unspecified atom stereocenters. The lowest BCUT2D eigenvalue weighted by atomic mass is 9.95. The standard InChI is InChI=1S/C22H15/c1-3-8-17(9-4-1)19-14-15-22-20(16-19)12-7-13-21(22)18-10-5-2-6-11-18/h1-6,8-16H. The number of fused-ring (bicyclic) bond motifs is 1. The van der Waals surface area contributed by atoms with E-state index in [1.54, 1.807) is 0 Å². The van der Waals surface area contributed by atoms with Crippen molar-refractivity contribution in [3.8, 4) is 22.3 Å². The second kappa shape index (κ2) is 5.50. The number of benzene rings is 4. The highest BCUT2D eigenvalue weighted by molar-refractivity contribution is 5.98. The lowest BCUT2D eigenvalue weighted by Gasteiger charge is -2.09. The van der Waals surface area contributed by atoms with E-state index in [1.165, 1.54) is 33.0 Å². The largest absolute Gasteiger partial charge is 0.0622 e. The van der Waals surface area contributed by atoms with Gasteiger partial charge in [0.2, 0.25) is 0 Å². The van der Waals surface area contributed by atoms with Crippen LogP contribution >= 0.6 is 0 Å². The average molecular weight is 279 g/mol. The van der Waals surface area contributed by atoms with Crippen molar-refractivity contribution >= 4 is 10.8 Å². The summed E-state index contributed by atoms with van der Waals surface area (Å²) in [6, 6.07) is 35.1. The van der Waals surface area contributed by atoms with Crippen LogP contribution in [0.4, 0.5) is 0 Å². The highest BCUT2D eigenvalue weighted by Gasteiger charge is 2.05. The molecule has 0 saturated carbocycles. The minimum absolute atomic E-state index is 1.22. The second-order valence-electron chi connectivity index (χ2n) is 5.40. The molecule has 4 aromatic carbocycles. The SMILES string of the molecule is [c]1cc(-c2ccccc2)c2ccc(-c3ccccc3)cc2c1. The molecular formula is C22H15. The molecule has 0 N–H and O–H groups in total. The number of hydrogen-bond donors (Lipinski definition) is 0. The third-order valence-electron chi connectivity index (χ3n) is 4.00. The van der Waals surface area contributed by atoms with E-state index in [-0.39, 0.29) is 0 Å². The zero-order valence-corrected chi connectivity index (χ0v) is 12.2. The van der Waals surface area contributed by atoms with Crippen molar-refractivity contribution in [3.05, 3.63) is 97.1 Å². The molecule has 4 rings (SSSR count). The second-order valence-corrected chi connectivity index (χ2v) is 5.40. The summed E-state index contributed by atoms with van der Waals surface area (Å²) < 4.78 is 0. The molecule has 22 heavy (non-hydrogen) atoms. The predicted molar refractivity (Wildman–Crippen MR) is 93.7 cm³/mol. The Hall–Kier alpha value is -2.86. The monoisotopic (exact) mass is 279 g/mol. The van der Waals surface area contributed by atoms with Crippen molar-refractivity contribution in [2.75, 3.05) is 0 Å². The quantitative estimate of drug-likeness (QED) is 0.424. The molecule has 0 aliphatic heterocycles. The maximum absolute atomic E-state index is 3.28. The highest BCUT2D eigenvalue weighted by atomic mass is 14.1. The molecule has 0 bridgehead atoms. The first-order chi connectivity index (χ1) is 10.9. The van der Waals surface area contributed by atoms with Gasteiger partial charge in [0.05, 0.1) is 0 Å². The third-order valence-corrected chi connectivity index (χ3v) is 4.00. The van der Waals surface area contributed by atoms with Gasteiger partial charge in [0, 0.05) is 0 Å². The Bertz CT molecular complexity index is 906. The zero-order valence-electron chi connectivity index (χ0n) is 12.2. The van der Waals surface area contributed by atoms with Gasteiger partial charge in [-0.05, 0) is 57.3 Å². The first kappa shape index (κ1) is 12.8. The molecule has 0 spiro atoms. The summed E-state index contributed by atoms with van der Waals surface area (Å²) in [7, 11) is 0. The van der Waals surface area contributed by atoms with E-state index in [9.17, 15) is 0 Å². The molecule has 0 amide bonds. The van der Waals surface area contributed by atoms with Crippen LogP contribution in [0.2, 0.25) is 0 Å². The van der Waals surface area contributed by atoms with E-state index in [0.29, 0.717) is 0 Å². The van der Waals surface area contributed by atoms with Crippen molar-refractivity contribution in [2.24, 2.45) is 0 Å². The van der Waals surface area contributed by atoms with Gasteiger partial charge in [0.1, 0.15) is 0 Å². The Morgan fingerprint density at radius 2 is 1.23 bits per heavy atom. The van der Waals surface area contributed by atoms with E-state index >= 15 is 0 Å². The molecule has 0 atom stereocenters. The summed E-state index contributed by atoms with van der Waals surface area (Å²) >= 11 is 0. The van der Waals surface area contributed by atoms with Gasteiger partial charge in [0.25, 0.3) is 0 Å². The average Bonchev–Trinajstić information content (AvgIpc) is 2.62. The first-order valence-electron chi connectivity index (χ1n) is 7.46. The van der Waals surface area contributed by atoms with Crippen molar-refractivity contribution in [2.45, 2.75) is 0 Å². The lowest BCUT2D eigenvalue weighted by Crippen LogP contribution is -1.83. The summed E-state index contributed by atoms with van der Waals surface area (Å²) in [5, 5.41) is 2.49. The Kier molecular flexibility index (Phi) is 3.21. The molecule has 0 aliphatic rings. The molecule has 0 aliphatic carbocycles. The topological polar surface area (TPSA) is 0 Å². The molecule has 4 aromatic rings. The third kappa shape index (κ3) is 2.29. The van der Waals surface area contributed by atoms with Crippen LogP contribution in [-0.2, 0) is 0 Å². The first-order valence-corrected chi connectivity index (χ1v) is 7.46. The molecule has 103 valence electrons. The zero-order chi connectivity index (χ0) is 14.8. The maximum atomic E-state index is 3.28. The maximum Gasteiger partial charge on any atom is -0.00992 e. The molecular weight excluding hydrogens is 264 g/mol. The van der Waals surface area contributed by atoms with E-state index in [0.717, 1.165) is 0 Å². The summed E-state index contributed by atoms with van der Waals surface area (Å²) in [4.78, 5) is 0. The van der Waals surface area contributed by atoms with Gasteiger partial charge >= 0.3 is 0 Å². The Balaban J connectivity index is 1.90. The van der Waals surface area contributed by atoms with Crippen molar-refractivity contribution in [1.82, 2.24) is 0 Å². The minimum Gasteiger partial charge on any atom is -0.0622 e. The Labute approximate surface area is 130 Å². The summed E-state index contributed by atoms with van der Waals surface area (Å²) in [5.41, 5.74) is 4.95. The fourth-order valence-electron chi connectivity index (χ4n) is 2.89. The van der Waals surface area contributed by atoms with Crippen LogP contribution in [0.5, 0.6) is 0 Å². The molecule has 0 heterocycles. The number of rotatable bonds is 2. The number of hydrogen-bond acceptors (Lipinski definition) is 0. The summed E-state index contributed by atoms with van der Waals surface area (Å²) in [6.45, 7) is 0. The molecule has 1 radical (unpaired) electrons. The van der Waals surface area contributed by atoms with Crippen molar-refractivity contribution < 1.29 is 0 Å². The van der Waals surface area contributed by atoms with Crippen LogP contribution in [0.25, 0.3) is 33.0 Å². The van der Waals surface area contributed by atoms with Crippen LogP contribution in [-0.4, -0.2) is 0 Å². The van der Waals surface area contributed by atoms with Gasteiger partial charge in [0.15, 0.2) is 0 Å². The summed E-state index contributed by atoms with van der Waals surface area (Å²) in [6.07, 6.45) is 0. The van der Waals surface area contributed by atoms with E-state index < -0.39 is 0 Å². The van der Waals surface area contributed by atoms with Gasteiger partial charge in [-0.25, -0.2) is 0 Å². The normalized spacial score (nSPS) is 10.7. The van der Waals surface area contributed by atoms with Gasteiger partial charge in [-0.15, -0.1) is 0 Å². The van der Waals surface area contributed by atoms with Crippen LogP contribution in [0, 0.1) is 6.07 Å².